The normalized spacial score (nSPS) is 25.1. The van der Waals surface area contributed by atoms with E-state index in [2.05, 4.69) is 16.4 Å². The van der Waals surface area contributed by atoms with Crippen LogP contribution in [0.5, 0.6) is 0 Å². The summed E-state index contributed by atoms with van der Waals surface area (Å²) in [6.45, 7) is 6.50. The second-order valence-corrected chi connectivity index (χ2v) is 11.7. The maximum atomic E-state index is 15.5. The van der Waals surface area contributed by atoms with E-state index in [4.69, 9.17) is 9.47 Å². The van der Waals surface area contributed by atoms with Gasteiger partial charge in [-0.3, -0.25) is 4.90 Å². The van der Waals surface area contributed by atoms with Crippen molar-refractivity contribution in [3.05, 3.63) is 66.0 Å². The number of halogens is 2. The zero-order valence-corrected chi connectivity index (χ0v) is 22.8. The minimum atomic E-state index is -1.04. The average molecular weight is 563 g/mol. The number of nitriles is 1. The molecule has 10 nitrogen and oxygen atoms in total. The van der Waals surface area contributed by atoms with Crippen molar-refractivity contribution >= 4 is 17.9 Å². The summed E-state index contributed by atoms with van der Waals surface area (Å²) in [5, 5.41) is 17.7. The molecular weight excluding hydrogens is 534 g/mol. The van der Waals surface area contributed by atoms with E-state index in [1.165, 1.54) is 35.4 Å². The minimum absolute atomic E-state index is 0.157. The quantitative estimate of drug-likeness (QED) is 0.450. The van der Waals surface area contributed by atoms with Gasteiger partial charge in [-0.2, -0.15) is 5.26 Å². The maximum Gasteiger partial charge on any atom is 0.414 e. The Morgan fingerprint density at radius 3 is 2.51 bits per heavy atom. The first kappa shape index (κ1) is 26.7. The van der Waals surface area contributed by atoms with Crippen molar-refractivity contribution in [2.75, 3.05) is 24.5 Å². The van der Waals surface area contributed by atoms with E-state index >= 15 is 8.78 Å². The number of carbonyl (C=O) groups is 2. The van der Waals surface area contributed by atoms with E-state index in [0.717, 1.165) is 0 Å². The molecule has 3 fully saturated rings. The Labute approximate surface area is 235 Å². The molecule has 41 heavy (non-hydrogen) atoms. The number of hydrogen-bond acceptors (Lipinski definition) is 7. The number of rotatable bonds is 5. The van der Waals surface area contributed by atoms with Gasteiger partial charge >= 0.3 is 12.2 Å². The van der Waals surface area contributed by atoms with E-state index in [1.54, 1.807) is 48.7 Å². The molecule has 2 aromatic carbocycles. The Kier molecular flexibility index (Phi) is 6.21. The molecule has 0 bridgehead atoms. The molecule has 2 saturated heterocycles. The molecule has 0 spiro atoms. The van der Waals surface area contributed by atoms with Crippen LogP contribution in [0.4, 0.5) is 24.1 Å². The third-order valence-corrected chi connectivity index (χ3v) is 7.94. The highest BCUT2D eigenvalue weighted by molar-refractivity contribution is 5.90. The number of piperidine rings is 1. The van der Waals surface area contributed by atoms with Crippen LogP contribution in [-0.2, 0) is 21.4 Å². The molecule has 0 unspecified atom stereocenters. The first-order chi connectivity index (χ1) is 19.5. The van der Waals surface area contributed by atoms with Gasteiger partial charge in [0.25, 0.3) is 0 Å². The smallest absolute Gasteiger partial charge is 0.414 e. The number of hydrogen-bond donors (Lipinski definition) is 0. The molecule has 2 aliphatic heterocycles. The third kappa shape index (κ3) is 4.65. The summed E-state index contributed by atoms with van der Waals surface area (Å²) in [7, 11) is 0. The number of benzene rings is 2. The zero-order valence-electron chi connectivity index (χ0n) is 22.8. The summed E-state index contributed by atoms with van der Waals surface area (Å²) in [6, 6.07) is 10.9. The monoisotopic (exact) mass is 562 g/mol. The molecule has 12 heteroatoms. The zero-order chi connectivity index (χ0) is 29.1. The first-order valence-corrected chi connectivity index (χ1v) is 13.3. The van der Waals surface area contributed by atoms with Crippen molar-refractivity contribution in [1.82, 2.24) is 19.9 Å². The number of likely N-dealkylation sites (tertiary alicyclic amines) is 1. The van der Waals surface area contributed by atoms with Gasteiger partial charge in [0.1, 0.15) is 23.3 Å². The van der Waals surface area contributed by atoms with Crippen molar-refractivity contribution in [2.24, 2.45) is 11.8 Å². The van der Waals surface area contributed by atoms with E-state index in [9.17, 15) is 14.9 Å². The fourth-order valence-corrected chi connectivity index (χ4v) is 6.02. The lowest BCUT2D eigenvalue weighted by atomic mass is 9.89. The summed E-state index contributed by atoms with van der Waals surface area (Å²) >= 11 is 0. The Morgan fingerprint density at radius 2 is 1.90 bits per heavy atom. The summed E-state index contributed by atoms with van der Waals surface area (Å²) in [5.74, 6) is -1.65. The van der Waals surface area contributed by atoms with Crippen LogP contribution in [0.2, 0.25) is 0 Å². The number of carbonyl (C=O) groups excluding carboxylic acids is 2. The molecule has 3 aromatic rings. The SMILES string of the molecule is CC(C)(C)OC(=O)N1C[C@@H]2[C@H](C1)[C@@]2(C#N)c1ccc(-c2ccc(N3C[C@H](Cn4ccnn4)OC3=O)cc2F)cc1F. The lowest BCUT2D eigenvalue weighted by molar-refractivity contribution is 0.0265. The van der Waals surface area contributed by atoms with Crippen molar-refractivity contribution in [3.8, 4) is 17.2 Å². The predicted molar refractivity (Wildman–Crippen MR) is 142 cm³/mol. The van der Waals surface area contributed by atoms with Crippen molar-refractivity contribution < 1.29 is 27.8 Å². The summed E-state index contributed by atoms with van der Waals surface area (Å²) in [4.78, 5) is 27.8. The lowest BCUT2D eigenvalue weighted by Crippen LogP contribution is -2.39. The standard InChI is InChI=1S/C29H28F2N6O4/c1-28(2,3)41-26(38)35-14-22-23(15-35)29(22,16-32)21-7-4-17(10-25(21)31)20-6-5-18(11-24(20)30)37-13-19(40-27(37)39)12-36-9-8-33-34-36/h4-11,19,22-23H,12-15H2,1-3H3/t19-,22-,23+,29+/m0/s1. The minimum Gasteiger partial charge on any atom is -0.444 e. The van der Waals surface area contributed by atoms with Crippen LogP contribution < -0.4 is 4.90 Å². The molecule has 212 valence electrons. The van der Waals surface area contributed by atoms with Crippen LogP contribution in [0, 0.1) is 34.8 Å². The fraction of sp³-hybridized carbons (Fsp3) is 0.414. The molecule has 0 radical (unpaired) electrons. The third-order valence-electron chi connectivity index (χ3n) is 7.94. The predicted octanol–water partition coefficient (Wildman–Crippen LogP) is 4.51. The molecule has 6 rings (SSSR count). The molecule has 3 heterocycles. The number of aromatic nitrogens is 3. The van der Waals surface area contributed by atoms with Crippen molar-refractivity contribution in [3.63, 3.8) is 0 Å². The molecule has 4 atom stereocenters. The van der Waals surface area contributed by atoms with Crippen molar-refractivity contribution in [2.45, 2.75) is 44.4 Å². The van der Waals surface area contributed by atoms with E-state index in [-0.39, 0.29) is 29.5 Å². The second-order valence-electron chi connectivity index (χ2n) is 11.7. The second kappa shape index (κ2) is 9.54. The highest BCUT2D eigenvalue weighted by Gasteiger charge is 2.71. The number of amides is 2. The molecule has 3 aliphatic rings. The van der Waals surface area contributed by atoms with E-state index < -0.39 is 40.9 Å². The van der Waals surface area contributed by atoms with Gasteiger partial charge in [-0.05, 0) is 50.6 Å². The van der Waals surface area contributed by atoms with E-state index in [1.807, 2.05) is 0 Å². The Balaban J connectivity index is 1.16. The molecular formula is C29H28F2N6O4. The molecule has 0 N–H and O–H groups in total. The number of fused-ring (bicyclic) bond motifs is 1. The van der Waals surface area contributed by atoms with Crippen molar-refractivity contribution in [1.29, 1.82) is 5.26 Å². The van der Waals surface area contributed by atoms with E-state index in [0.29, 0.717) is 30.9 Å². The van der Waals surface area contributed by atoms with Gasteiger partial charge in [-0.25, -0.2) is 23.1 Å². The Hall–Kier alpha value is -4.53. The van der Waals surface area contributed by atoms with Gasteiger partial charge < -0.3 is 14.4 Å². The number of ether oxygens (including phenoxy) is 2. The maximum absolute atomic E-state index is 15.5. The van der Waals surface area contributed by atoms with Crippen LogP contribution >= 0.6 is 0 Å². The van der Waals surface area contributed by atoms with Crippen LogP contribution in [-0.4, -0.2) is 63.4 Å². The highest BCUT2D eigenvalue weighted by atomic mass is 19.1. The number of anilines is 1. The van der Waals surface area contributed by atoms with Gasteiger partial charge in [-0.15, -0.1) is 5.10 Å². The van der Waals surface area contributed by atoms with Crippen LogP contribution in [0.15, 0.2) is 48.8 Å². The van der Waals surface area contributed by atoms with Crippen LogP contribution in [0.3, 0.4) is 0 Å². The van der Waals surface area contributed by atoms with Crippen LogP contribution in [0.1, 0.15) is 26.3 Å². The molecule has 1 aromatic heterocycles. The number of nitrogens with zero attached hydrogens (tertiary/aromatic N) is 6. The summed E-state index contributed by atoms with van der Waals surface area (Å²) in [6.07, 6.45) is 1.66. The summed E-state index contributed by atoms with van der Waals surface area (Å²) < 4.78 is 43.1. The van der Waals surface area contributed by atoms with Crippen LogP contribution in [0.25, 0.3) is 11.1 Å². The van der Waals surface area contributed by atoms with Gasteiger partial charge in [0.05, 0.1) is 36.5 Å². The summed E-state index contributed by atoms with van der Waals surface area (Å²) in [5.41, 5.74) is -0.648. The Bertz CT molecular complexity index is 1550. The lowest BCUT2D eigenvalue weighted by Gasteiger charge is -2.27. The van der Waals surface area contributed by atoms with Gasteiger partial charge in [0.15, 0.2) is 0 Å². The highest BCUT2D eigenvalue weighted by Crippen LogP contribution is 2.63. The average Bonchev–Trinajstić information content (AvgIpc) is 3.42. The number of cyclic esters (lactones) is 1. The van der Waals surface area contributed by atoms with Gasteiger partial charge in [0.2, 0.25) is 0 Å². The Morgan fingerprint density at radius 1 is 1.15 bits per heavy atom. The van der Waals surface area contributed by atoms with Gasteiger partial charge in [-0.1, -0.05) is 17.3 Å². The largest absolute Gasteiger partial charge is 0.444 e. The fourth-order valence-electron chi connectivity index (χ4n) is 6.02. The topological polar surface area (TPSA) is 114 Å². The van der Waals surface area contributed by atoms with Gasteiger partial charge in [0, 0.05) is 42.2 Å². The molecule has 2 amide bonds. The first-order valence-electron chi connectivity index (χ1n) is 13.3. The molecule has 1 aliphatic carbocycles. The molecule has 1 saturated carbocycles.